The van der Waals surface area contributed by atoms with Gasteiger partial charge in [-0.2, -0.15) is 5.26 Å². The van der Waals surface area contributed by atoms with Gasteiger partial charge in [-0.25, -0.2) is 0 Å². The van der Waals surface area contributed by atoms with Gasteiger partial charge >= 0.3 is 0 Å². The van der Waals surface area contributed by atoms with Crippen LogP contribution in [0.2, 0.25) is 0 Å². The van der Waals surface area contributed by atoms with Crippen molar-refractivity contribution in [2.75, 3.05) is 24.7 Å². The molecule has 1 unspecified atom stereocenters. The van der Waals surface area contributed by atoms with Crippen molar-refractivity contribution >= 4 is 35.1 Å². The number of nitrogens with zero attached hydrogens (tertiary/aromatic N) is 2. The molecule has 23 heavy (non-hydrogen) atoms. The minimum Gasteiger partial charge on any atom is -0.378 e. The second kappa shape index (κ2) is 8.32. The lowest BCUT2D eigenvalue weighted by Gasteiger charge is -2.25. The van der Waals surface area contributed by atoms with E-state index in [4.69, 9.17) is 0 Å². The van der Waals surface area contributed by atoms with Crippen molar-refractivity contribution in [2.45, 2.75) is 25.1 Å². The van der Waals surface area contributed by atoms with Gasteiger partial charge in [0.1, 0.15) is 17.0 Å². The number of unbranched alkanes of at least 4 members (excludes halogenated alkanes) is 1. The summed E-state index contributed by atoms with van der Waals surface area (Å²) in [6.45, 7) is 2.13. The van der Waals surface area contributed by atoms with Crippen molar-refractivity contribution in [2.24, 2.45) is 0 Å². The van der Waals surface area contributed by atoms with E-state index in [0.717, 1.165) is 34.1 Å². The summed E-state index contributed by atoms with van der Waals surface area (Å²) < 4.78 is 0.839. The zero-order chi connectivity index (χ0) is 16.8. The first-order valence-corrected chi connectivity index (χ1v) is 9.45. The maximum absolute atomic E-state index is 12.2. The van der Waals surface area contributed by atoms with Gasteiger partial charge in [-0.15, -0.1) is 11.8 Å². The molecule has 6 heteroatoms. The Morgan fingerprint density at radius 1 is 1.35 bits per heavy atom. The minimum atomic E-state index is -0.271. The second-order valence-electron chi connectivity index (χ2n) is 5.43. The zero-order valence-electron chi connectivity index (χ0n) is 13.6. The Morgan fingerprint density at radius 2 is 2.04 bits per heavy atom. The number of nitrogens with one attached hydrogen (secondary N) is 1. The normalized spacial score (nSPS) is 17.7. The van der Waals surface area contributed by atoms with Crippen LogP contribution in [0.25, 0.3) is 0 Å². The predicted octanol–water partition coefficient (Wildman–Crippen LogP) is 3.88. The first-order chi connectivity index (χ1) is 11.1. The lowest BCUT2D eigenvalue weighted by Crippen LogP contribution is -2.31. The third-order valence-corrected chi connectivity index (χ3v) is 6.12. The standard InChI is InChI=1S/C17H21N3OS2/c1-4-5-10-22-17-14(11-18)15(21)19-16(23-17)12-6-8-13(9-7-12)20(2)3/h6-9,16H,4-5,10H2,1-3H3,(H,19,21). The summed E-state index contributed by atoms with van der Waals surface area (Å²) in [6, 6.07) is 10.2. The molecule has 0 bridgehead atoms. The minimum absolute atomic E-state index is 0.139. The van der Waals surface area contributed by atoms with Crippen molar-refractivity contribution in [1.82, 2.24) is 5.32 Å². The lowest BCUT2D eigenvalue weighted by atomic mass is 10.2. The molecule has 1 aliphatic rings. The van der Waals surface area contributed by atoms with Crippen molar-refractivity contribution in [3.05, 3.63) is 39.6 Å². The quantitative estimate of drug-likeness (QED) is 0.791. The number of carbonyl (C=O) groups is 1. The smallest absolute Gasteiger partial charge is 0.264 e. The SMILES string of the molecule is CCCCSC1=C(C#N)C(=O)NC(c2ccc(N(C)C)cc2)S1. The molecule has 1 N–H and O–H groups in total. The van der Waals surface area contributed by atoms with Crippen molar-refractivity contribution in [3.63, 3.8) is 0 Å². The molecule has 0 saturated carbocycles. The zero-order valence-corrected chi connectivity index (χ0v) is 15.3. The van der Waals surface area contributed by atoms with Crippen LogP contribution in [0.4, 0.5) is 5.69 Å². The van der Waals surface area contributed by atoms with Crippen LogP contribution in [0, 0.1) is 11.3 Å². The van der Waals surface area contributed by atoms with E-state index >= 15 is 0 Å². The summed E-state index contributed by atoms with van der Waals surface area (Å²) in [5.41, 5.74) is 2.41. The second-order valence-corrected chi connectivity index (χ2v) is 7.91. The van der Waals surface area contributed by atoms with E-state index < -0.39 is 0 Å². The van der Waals surface area contributed by atoms with E-state index in [9.17, 15) is 10.1 Å². The highest BCUT2D eigenvalue weighted by Crippen LogP contribution is 2.44. The molecular formula is C17H21N3OS2. The van der Waals surface area contributed by atoms with E-state index in [-0.39, 0.29) is 16.9 Å². The third kappa shape index (κ3) is 4.46. The van der Waals surface area contributed by atoms with Crippen LogP contribution in [-0.4, -0.2) is 25.8 Å². The molecule has 0 aliphatic carbocycles. The van der Waals surface area contributed by atoms with Crippen molar-refractivity contribution in [1.29, 1.82) is 5.26 Å². The number of carbonyl (C=O) groups excluding carboxylic acids is 1. The van der Waals surface area contributed by atoms with E-state index in [1.165, 1.54) is 0 Å². The maximum atomic E-state index is 12.2. The van der Waals surface area contributed by atoms with Crippen LogP contribution in [0.1, 0.15) is 30.7 Å². The summed E-state index contributed by atoms with van der Waals surface area (Å²) in [5.74, 6) is 0.663. The van der Waals surface area contributed by atoms with Gasteiger partial charge in [0.25, 0.3) is 5.91 Å². The molecule has 0 radical (unpaired) electrons. The van der Waals surface area contributed by atoms with Gasteiger partial charge in [-0.3, -0.25) is 4.79 Å². The Hall–Kier alpha value is -1.58. The first-order valence-electron chi connectivity index (χ1n) is 7.58. The molecule has 1 aliphatic heterocycles. The number of rotatable bonds is 6. The van der Waals surface area contributed by atoms with Crippen LogP contribution >= 0.6 is 23.5 Å². The molecule has 0 aromatic heterocycles. The van der Waals surface area contributed by atoms with Gasteiger partial charge in [-0.05, 0) is 29.9 Å². The van der Waals surface area contributed by atoms with Gasteiger partial charge < -0.3 is 10.2 Å². The Morgan fingerprint density at radius 3 is 2.61 bits per heavy atom. The van der Waals surface area contributed by atoms with Crippen LogP contribution in [0.3, 0.4) is 0 Å². The highest BCUT2D eigenvalue weighted by Gasteiger charge is 2.28. The number of benzene rings is 1. The third-order valence-electron chi connectivity index (χ3n) is 3.47. The topological polar surface area (TPSA) is 56.1 Å². The van der Waals surface area contributed by atoms with Gasteiger partial charge in [0.2, 0.25) is 0 Å². The molecule has 1 amide bonds. The molecule has 1 aromatic carbocycles. The average molecular weight is 348 g/mol. The molecule has 0 fully saturated rings. The molecule has 1 aromatic rings. The Balaban J connectivity index is 2.18. The maximum Gasteiger partial charge on any atom is 0.264 e. The fourth-order valence-electron chi connectivity index (χ4n) is 2.09. The van der Waals surface area contributed by atoms with E-state index in [2.05, 4.69) is 12.2 Å². The van der Waals surface area contributed by atoms with Gasteiger partial charge in [0.15, 0.2) is 0 Å². The monoisotopic (exact) mass is 347 g/mol. The van der Waals surface area contributed by atoms with Crippen molar-refractivity contribution in [3.8, 4) is 6.07 Å². The van der Waals surface area contributed by atoms with Crippen LogP contribution in [0.15, 0.2) is 34.1 Å². The fraction of sp³-hybridized carbons (Fsp3) is 0.412. The number of amides is 1. The fourth-order valence-corrected chi connectivity index (χ4v) is 4.73. The summed E-state index contributed by atoms with van der Waals surface area (Å²) in [6.07, 6.45) is 2.19. The molecule has 0 spiro atoms. The molecule has 4 nitrogen and oxygen atoms in total. The van der Waals surface area contributed by atoms with E-state index in [1.54, 1.807) is 23.5 Å². The molecule has 2 rings (SSSR count). The van der Waals surface area contributed by atoms with E-state index in [0.29, 0.717) is 0 Å². The van der Waals surface area contributed by atoms with Gasteiger partial charge in [0, 0.05) is 19.8 Å². The van der Waals surface area contributed by atoms with Gasteiger partial charge in [-0.1, -0.05) is 37.2 Å². The van der Waals surface area contributed by atoms with Crippen LogP contribution < -0.4 is 10.2 Å². The van der Waals surface area contributed by atoms with E-state index in [1.807, 2.05) is 49.3 Å². The molecular weight excluding hydrogens is 326 g/mol. The molecule has 122 valence electrons. The predicted molar refractivity (Wildman–Crippen MR) is 99.2 cm³/mol. The van der Waals surface area contributed by atoms with Crippen molar-refractivity contribution < 1.29 is 4.79 Å². The number of thioether (sulfide) groups is 2. The number of hydrogen-bond donors (Lipinski definition) is 1. The average Bonchev–Trinajstić information content (AvgIpc) is 2.55. The van der Waals surface area contributed by atoms with Gasteiger partial charge in [0.05, 0.1) is 4.24 Å². The van der Waals surface area contributed by atoms with Crippen LogP contribution in [0.5, 0.6) is 0 Å². The summed E-state index contributed by atoms with van der Waals surface area (Å²) in [5, 5.41) is 12.0. The summed E-state index contributed by atoms with van der Waals surface area (Å²) in [7, 11) is 3.99. The Labute approximate surface area is 146 Å². The Kier molecular flexibility index (Phi) is 6.43. The molecule has 1 atom stereocenters. The number of hydrogen-bond acceptors (Lipinski definition) is 5. The van der Waals surface area contributed by atoms with Crippen LogP contribution in [-0.2, 0) is 4.79 Å². The Bertz CT molecular complexity index is 632. The highest BCUT2D eigenvalue weighted by molar-refractivity contribution is 8.22. The number of anilines is 1. The largest absolute Gasteiger partial charge is 0.378 e. The summed E-state index contributed by atoms with van der Waals surface area (Å²) in [4.78, 5) is 14.2. The number of nitriles is 1. The summed E-state index contributed by atoms with van der Waals surface area (Å²) >= 11 is 3.18. The lowest BCUT2D eigenvalue weighted by molar-refractivity contribution is -0.117. The molecule has 1 heterocycles. The first kappa shape index (κ1) is 17.8. The molecule has 0 saturated heterocycles. The highest BCUT2D eigenvalue weighted by atomic mass is 32.2.